The number of carbonyl (C=O) groups is 1. The van der Waals surface area contributed by atoms with E-state index in [4.69, 9.17) is 14.8 Å². The van der Waals surface area contributed by atoms with Gasteiger partial charge in [-0.2, -0.15) is 0 Å². The van der Waals surface area contributed by atoms with Crippen molar-refractivity contribution in [2.75, 3.05) is 19.8 Å². The summed E-state index contributed by atoms with van der Waals surface area (Å²) in [7, 11) is -4.38. The van der Waals surface area contributed by atoms with Crippen LogP contribution in [0.15, 0.2) is 24.3 Å². The molecule has 0 saturated heterocycles. The molecule has 0 spiro atoms. The second-order valence-electron chi connectivity index (χ2n) is 16.2. The lowest BCUT2D eigenvalue weighted by Crippen LogP contribution is -2.47. The number of hydrogen-bond acceptors (Lipinski definition) is 7. The fourth-order valence-corrected chi connectivity index (χ4v) is 7.79. The van der Waals surface area contributed by atoms with Crippen LogP contribution in [0.25, 0.3) is 0 Å². The molecule has 4 unspecified atom stereocenters. The quantitative estimate of drug-likeness (QED) is 0.0232. The van der Waals surface area contributed by atoms with E-state index in [2.05, 4.69) is 43.5 Å². The highest BCUT2D eigenvalue weighted by atomic mass is 31.2. The van der Waals surface area contributed by atoms with Crippen molar-refractivity contribution in [3.63, 3.8) is 0 Å². The molecule has 0 radical (unpaired) electrons. The second-order valence-corrected chi connectivity index (χ2v) is 17.6. The van der Waals surface area contributed by atoms with Crippen LogP contribution in [-0.4, -0.2) is 59.0 Å². The number of amides is 1. The molecule has 0 aromatic rings. The Bertz CT molecular complexity index is 950. The van der Waals surface area contributed by atoms with Crippen LogP contribution in [0.4, 0.5) is 0 Å². The molecular formula is C46H91N2O7P. The van der Waals surface area contributed by atoms with Gasteiger partial charge in [-0.1, -0.05) is 199 Å². The second kappa shape index (κ2) is 42.1. The average Bonchev–Trinajstić information content (AvgIpc) is 3.17. The van der Waals surface area contributed by atoms with Gasteiger partial charge in [0, 0.05) is 6.54 Å². The van der Waals surface area contributed by atoms with Gasteiger partial charge in [0.2, 0.25) is 5.91 Å². The van der Waals surface area contributed by atoms with Crippen molar-refractivity contribution in [2.24, 2.45) is 5.73 Å². The minimum atomic E-state index is -4.38. The van der Waals surface area contributed by atoms with E-state index >= 15 is 0 Å². The fourth-order valence-electron chi connectivity index (χ4n) is 7.04. The molecule has 9 nitrogen and oxygen atoms in total. The molecule has 0 saturated carbocycles. The number of phosphoric acid groups is 1. The maximum Gasteiger partial charge on any atom is 0.472 e. The number of hydrogen-bond donors (Lipinski definition) is 5. The first-order valence-corrected chi connectivity index (χ1v) is 25.0. The maximum absolute atomic E-state index is 12.8. The molecule has 56 heavy (non-hydrogen) atoms. The molecule has 4 atom stereocenters. The largest absolute Gasteiger partial charge is 0.472 e. The van der Waals surface area contributed by atoms with Gasteiger partial charge in [0.1, 0.15) is 0 Å². The molecule has 332 valence electrons. The van der Waals surface area contributed by atoms with Crippen molar-refractivity contribution in [3.8, 4) is 0 Å². The van der Waals surface area contributed by atoms with Gasteiger partial charge in [-0.3, -0.25) is 13.8 Å². The van der Waals surface area contributed by atoms with E-state index in [0.29, 0.717) is 12.8 Å². The zero-order chi connectivity index (χ0) is 41.2. The first-order chi connectivity index (χ1) is 27.3. The molecule has 0 aromatic heterocycles. The van der Waals surface area contributed by atoms with Crippen molar-refractivity contribution in [2.45, 2.75) is 244 Å². The van der Waals surface area contributed by atoms with E-state index < -0.39 is 32.0 Å². The highest BCUT2D eigenvalue weighted by Gasteiger charge is 2.28. The number of aliphatic hydroxyl groups is 2. The first kappa shape index (κ1) is 54.9. The number of aliphatic hydroxyl groups excluding tert-OH is 2. The summed E-state index contributed by atoms with van der Waals surface area (Å²) < 4.78 is 22.1. The van der Waals surface area contributed by atoms with Gasteiger partial charge >= 0.3 is 7.82 Å². The minimum Gasteiger partial charge on any atom is -0.393 e. The van der Waals surface area contributed by atoms with E-state index in [1.165, 1.54) is 128 Å². The third-order valence-corrected chi connectivity index (χ3v) is 11.6. The van der Waals surface area contributed by atoms with Gasteiger partial charge in [-0.05, 0) is 44.9 Å². The monoisotopic (exact) mass is 815 g/mol. The van der Waals surface area contributed by atoms with Gasteiger partial charge in [-0.25, -0.2) is 4.57 Å². The standard InChI is InChI=1S/C46H91N2O7P/c1-3-5-7-9-11-13-15-17-18-19-20-21-22-23-24-26-27-29-31-33-35-37-43(49)41-46(51)48-44(42-55-56(52,53)54-40-39-47)45(50)38-36-34-32-30-28-25-16-14-12-10-8-6-4-2/h20-21,23-24,43-45,49-50H,3-19,22,25-42,47H2,1-2H3,(H,48,51)(H,52,53)/b21-20-,24-23-. The van der Waals surface area contributed by atoms with Crippen molar-refractivity contribution in [1.82, 2.24) is 5.32 Å². The van der Waals surface area contributed by atoms with Crippen molar-refractivity contribution >= 4 is 13.7 Å². The Morgan fingerprint density at radius 2 is 1.02 bits per heavy atom. The Kier molecular flexibility index (Phi) is 41.3. The highest BCUT2D eigenvalue weighted by molar-refractivity contribution is 7.47. The summed E-state index contributed by atoms with van der Waals surface area (Å²) in [4.78, 5) is 22.8. The van der Waals surface area contributed by atoms with Gasteiger partial charge in [0.05, 0.1) is 37.9 Å². The Morgan fingerprint density at radius 3 is 1.46 bits per heavy atom. The summed E-state index contributed by atoms with van der Waals surface area (Å²) in [5.41, 5.74) is 5.37. The van der Waals surface area contributed by atoms with Crippen LogP contribution < -0.4 is 11.1 Å². The summed E-state index contributed by atoms with van der Waals surface area (Å²) in [6, 6.07) is -0.899. The number of nitrogens with one attached hydrogen (secondary N) is 1. The lowest BCUT2D eigenvalue weighted by atomic mass is 10.0. The predicted molar refractivity (Wildman–Crippen MR) is 237 cm³/mol. The van der Waals surface area contributed by atoms with Gasteiger partial charge in [0.25, 0.3) is 0 Å². The van der Waals surface area contributed by atoms with Gasteiger partial charge < -0.3 is 26.2 Å². The van der Waals surface area contributed by atoms with E-state index in [1.54, 1.807) is 0 Å². The Morgan fingerprint density at radius 1 is 0.607 bits per heavy atom. The zero-order valence-electron chi connectivity index (χ0n) is 36.5. The van der Waals surface area contributed by atoms with Crippen LogP contribution in [0.1, 0.15) is 226 Å². The number of nitrogens with two attached hydrogens (primary N) is 1. The maximum atomic E-state index is 12.8. The van der Waals surface area contributed by atoms with Crippen LogP contribution in [0, 0.1) is 0 Å². The lowest BCUT2D eigenvalue weighted by molar-refractivity contribution is -0.125. The highest BCUT2D eigenvalue weighted by Crippen LogP contribution is 2.43. The molecular weight excluding hydrogens is 723 g/mol. The number of allylic oxidation sites excluding steroid dienone is 4. The Balaban J connectivity index is 4.19. The molecule has 1 amide bonds. The molecule has 10 heteroatoms. The molecule has 0 bridgehead atoms. The molecule has 0 aliphatic carbocycles. The van der Waals surface area contributed by atoms with E-state index in [1.807, 2.05) is 0 Å². The molecule has 0 heterocycles. The topological polar surface area (TPSA) is 151 Å². The van der Waals surface area contributed by atoms with E-state index in [-0.39, 0.29) is 26.2 Å². The Hall–Kier alpha value is -1.06. The summed E-state index contributed by atoms with van der Waals surface area (Å²) >= 11 is 0. The van der Waals surface area contributed by atoms with Crippen LogP contribution in [0.5, 0.6) is 0 Å². The van der Waals surface area contributed by atoms with Crippen molar-refractivity contribution in [1.29, 1.82) is 0 Å². The number of phosphoric ester groups is 1. The summed E-state index contributed by atoms with van der Waals surface area (Å²) in [6.45, 7) is 4.05. The van der Waals surface area contributed by atoms with E-state index in [0.717, 1.165) is 64.2 Å². The SMILES string of the molecule is CCCCCCCCCCC/C=C\C/C=C\CCCCCCCC(O)CC(=O)NC(COP(=O)(O)OCCN)C(O)CCCCCCCCCCCCCCC. The molecule has 0 aliphatic rings. The van der Waals surface area contributed by atoms with Gasteiger partial charge in [0.15, 0.2) is 0 Å². The summed E-state index contributed by atoms with van der Waals surface area (Å²) in [5.74, 6) is -0.420. The van der Waals surface area contributed by atoms with Crippen molar-refractivity contribution < 1.29 is 33.5 Å². The number of carbonyl (C=O) groups excluding carboxylic acids is 1. The number of unbranched alkanes of at least 4 members (excludes halogenated alkanes) is 26. The minimum absolute atomic E-state index is 0.0581. The lowest BCUT2D eigenvalue weighted by Gasteiger charge is -2.25. The normalized spacial score (nSPS) is 14.8. The molecule has 0 aromatic carbocycles. The van der Waals surface area contributed by atoms with Crippen molar-refractivity contribution in [3.05, 3.63) is 24.3 Å². The fraction of sp³-hybridized carbons (Fsp3) is 0.891. The summed E-state index contributed by atoms with van der Waals surface area (Å²) in [5, 5.41) is 24.2. The van der Waals surface area contributed by atoms with Crippen LogP contribution >= 0.6 is 7.82 Å². The molecule has 0 rings (SSSR count). The number of rotatable bonds is 44. The van der Waals surface area contributed by atoms with E-state index in [9.17, 15) is 24.5 Å². The summed E-state index contributed by atoms with van der Waals surface area (Å²) in [6.07, 6.45) is 45.1. The Labute approximate surface area is 345 Å². The average molecular weight is 815 g/mol. The van der Waals surface area contributed by atoms with Gasteiger partial charge in [-0.15, -0.1) is 0 Å². The molecule has 0 fully saturated rings. The molecule has 6 N–H and O–H groups in total. The smallest absolute Gasteiger partial charge is 0.393 e. The third kappa shape index (κ3) is 39.8. The van der Waals surface area contributed by atoms with Crippen LogP contribution in [0.2, 0.25) is 0 Å². The van der Waals surface area contributed by atoms with Crippen LogP contribution in [-0.2, 0) is 18.4 Å². The first-order valence-electron chi connectivity index (χ1n) is 23.5. The molecule has 0 aliphatic heterocycles. The predicted octanol–water partition coefficient (Wildman–Crippen LogP) is 12.3. The third-order valence-electron chi connectivity index (χ3n) is 10.6. The van der Waals surface area contributed by atoms with Crippen LogP contribution in [0.3, 0.4) is 0 Å². The zero-order valence-corrected chi connectivity index (χ0v) is 37.4.